The van der Waals surface area contributed by atoms with E-state index in [0.29, 0.717) is 0 Å². The van der Waals surface area contributed by atoms with Crippen molar-refractivity contribution in [3.63, 3.8) is 0 Å². The van der Waals surface area contributed by atoms with Gasteiger partial charge in [0.25, 0.3) is 0 Å². The molecule has 0 aromatic heterocycles. The van der Waals surface area contributed by atoms with Gasteiger partial charge >= 0.3 is 0 Å². The summed E-state index contributed by atoms with van der Waals surface area (Å²) in [6, 6.07) is 5.85. The van der Waals surface area contributed by atoms with E-state index < -0.39 is 0 Å². The first kappa shape index (κ1) is 10.2. The molecule has 80 valence electrons. The fourth-order valence-electron chi connectivity index (χ4n) is 2.24. The minimum absolute atomic E-state index is 0.324. The van der Waals surface area contributed by atoms with Gasteiger partial charge in [-0.05, 0) is 43.0 Å². The van der Waals surface area contributed by atoms with Gasteiger partial charge in [0.05, 0.1) is 0 Å². The molecular formula is C12H16N2O. The van der Waals surface area contributed by atoms with Crippen LogP contribution in [0.25, 0.3) is 0 Å². The number of likely N-dealkylation sites (N-methyl/N-ethyl adjacent to an activating group) is 1. The van der Waals surface area contributed by atoms with Crippen LogP contribution in [0.5, 0.6) is 0 Å². The third-order valence-electron chi connectivity index (χ3n) is 3.03. The largest absolute Gasteiger partial charge is 0.368 e. The first-order valence-electron chi connectivity index (χ1n) is 5.30. The lowest BCUT2D eigenvalue weighted by atomic mass is 10.0. The maximum atomic E-state index is 11.2. The molecule has 0 heterocycles. The first-order chi connectivity index (χ1) is 7.22. The molecule has 3 nitrogen and oxygen atoms in total. The second-order valence-corrected chi connectivity index (χ2v) is 4.01. The van der Waals surface area contributed by atoms with Crippen LogP contribution in [0.2, 0.25) is 0 Å². The zero-order chi connectivity index (χ0) is 10.8. The molecule has 15 heavy (non-hydrogen) atoms. The number of rotatable bonds is 3. The molecule has 1 aliphatic carbocycles. The monoisotopic (exact) mass is 204 g/mol. The van der Waals surface area contributed by atoms with E-state index in [1.807, 2.05) is 6.07 Å². The third kappa shape index (κ3) is 1.88. The first-order valence-corrected chi connectivity index (χ1v) is 5.30. The standard InChI is InChI=1S/C12H16N2O/c1-14-11(12(13)15)10-6-5-8-3-2-4-9(8)7-10/h5-7,11,14H,2-4H2,1H3,(H2,13,15). The van der Waals surface area contributed by atoms with Crippen molar-refractivity contribution in [1.82, 2.24) is 5.32 Å². The molecule has 1 atom stereocenters. The Kier molecular flexibility index (Phi) is 2.73. The number of fused-ring (bicyclic) bond motifs is 1. The highest BCUT2D eigenvalue weighted by atomic mass is 16.1. The normalized spacial score (nSPS) is 16.1. The highest BCUT2D eigenvalue weighted by Crippen LogP contribution is 2.25. The van der Waals surface area contributed by atoms with Crippen LogP contribution < -0.4 is 11.1 Å². The lowest BCUT2D eigenvalue weighted by Gasteiger charge is -2.13. The number of hydrogen-bond donors (Lipinski definition) is 2. The summed E-state index contributed by atoms with van der Waals surface area (Å²) in [7, 11) is 1.75. The van der Waals surface area contributed by atoms with Crippen LogP contribution in [0.3, 0.4) is 0 Å². The van der Waals surface area contributed by atoms with Gasteiger partial charge in [0.1, 0.15) is 6.04 Å². The second-order valence-electron chi connectivity index (χ2n) is 4.01. The average Bonchev–Trinajstić information content (AvgIpc) is 2.65. The summed E-state index contributed by atoms with van der Waals surface area (Å²) in [6.45, 7) is 0. The second kappa shape index (κ2) is 4.03. The Morgan fingerprint density at radius 1 is 1.40 bits per heavy atom. The number of hydrogen-bond acceptors (Lipinski definition) is 2. The van der Waals surface area contributed by atoms with Gasteiger partial charge in [-0.15, -0.1) is 0 Å². The Hall–Kier alpha value is -1.35. The molecule has 0 bridgehead atoms. The van der Waals surface area contributed by atoms with Crippen molar-refractivity contribution in [3.8, 4) is 0 Å². The Balaban J connectivity index is 2.32. The van der Waals surface area contributed by atoms with Crippen molar-refractivity contribution < 1.29 is 4.79 Å². The Morgan fingerprint density at radius 2 is 2.13 bits per heavy atom. The molecule has 1 aromatic carbocycles. The third-order valence-corrected chi connectivity index (χ3v) is 3.03. The van der Waals surface area contributed by atoms with E-state index in [1.54, 1.807) is 7.05 Å². The van der Waals surface area contributed by atoms with Gasteiger partial charge in [0, 0.05) is 0 Å². The van der Waals surface area contributed by atoms with Gasteiger partial charge in [-0.25, -0.2) is 0 Å². The molecule has 1 amide bonds. The van der Waals surface area contributed by atoms with Crippen molar-refractivity contribution in [3.05, 3.63) is 34.9 Å². The SMILES string of the molecule is CNC(C(N)=O)c1ccc2c(c1)CCC2. The molecule has 1 unspecified atom stereocenters. The summed E-state index contributed by atoms with van der Waals surface area (Å²) >= 11 is 0. The van der Waals surface area contributed by atoms with E-state index in [1.165, 1.54) is 17.5 Å². The van der Waals surface area contributed by atoms with Gasteiger partial charge in [0.15, 0.2) is 0 Å². The number of amides is 1. The molecule has 0 aliphatic heterocycles. The number of nitrogens with one attached hydrogen (secondary N) is 1. The van der Waals surface area contributed by atoms with Crippen LogP contribution in [0.4, 0.5) is 0 Å². The summed E-state index contributed by atoms with van der Waals surface area (Å²) in [6.07, 6.45) is 3.51. The van der Waals surface area contributed by atoms with Gasteiger partial charge in [-0.3, -0.25) is 4.79 Å². The van der Waals surface area contributed by atoms with Crippen LogP contribution >= 0.6 is 0 Å². The van der Waals surface area contributed by atoms with Crippen LogP contribution in [0.1, 0.15) is 29.2 Å². The van der Waals surface area contributed by atoms with Crippen molar-refractivity contribution in [2.24, 2.45) is 5.73 Å². The van der Waals surface area contributed by atoms with Crippen LogP contribution in [0.15, 0.2) is 18.2 Å². The lowest BCUT2D eigenvalue weighted by Crippen LogP contribution is -2.31. The zero-order valence-corrected chi connectivity index (χ0v) is 8.92. The number of carbonyl (C=O) groups excluding carboxylic acids is 1. The molecular weight excluding hydrogens is 188 g/mol. The topological polar surface area (TPSA) is 55.1 Å². The van der Waals surface area contributed by atoms with E-state index in [2.05, 4.69) is 17.4 Å². The number of benzene rings is 1. The van der Waals surface area contributed by atoms with Crippen molar-refractivity contribution in [2.75, 3.05) is 7.05 Å². The van der Waals surface area contributed by atoms with Crippen LogP contribution in [0, 0.1) is 0 Å². The van der Waals surface area contributed by atoms with E-state index >= 15 is 0 Å². The summed E-state index contributed by atoms with van der Waals surface area (Å²) < 4.78 is 0. The minimum atomic E-state index is -0.365. The smallest absolute Gasteiger partial charge is 0.239 e. The zero-order valence-electron chi connectivity index (χ0n) is 8.92. The van der Waals surface area contributed by atoms with E-state index in [-0.39, 0.29) is 11.9 Å². The minimum Gasteiger partial charge on any atom is -0.368 e. The van der Waals surface area contributed by atoms with E-state index in [4.69, 9.17) is 5.73 Å². The molecule has 3 heteroatoms. The molecule has 3 N–H and O–H groups in total. The number of primary amides is 1. The Labute approximate surface area is 89.7 Å². The number of carbonyl (C=O) groups is 1. The fourth-order valence-corrected chi connectivity index (χ4v) is 2.24. The molecule has 1 aliphatic rings. The predicted molar refractivity (Wildman–Crippen MR) is 59.5 cm³/mol. The molecule has 2 rings (SSSR count). The Bertz CT molecular complexity index is 387. The number of nitrogens with two attached hydrogens (primary N) is 1. The summed E-state index contributed by atoms with van der Waals surface area (Å²) in [5.41, 5.74) is 9.08. The summed E-state index contributed by atoms with van der Waals surface area (Å²) in [5, 5.41) is 2.93. The maximum Gasteiger partial charge on any atom is 0.239 e. The molecule has 0 saturated carbocycles. The fraction of sp³-hybridized carbons (Fsp3) is 0.417. The summed E-state index contributed by atoms with van der Waals surface area (Å²) in [5.74, 6) is -0.324. The van der Waals surface area contributed by atoms with Gasteiger partial charge in [-0.2, -0.15) is 0 Å². The van der Waals surface area contributed by atoms with Crippen molar-refractivity contribution in [1.29, 1.82) is 0 Å². The van der Waals surface area contributed by atoms with E-state index in [9.17, 15) is 4.79 Å². The van der Waals surface area contributed by atoms with Crippen LogP contribution in [-0.4, -0.2) is 13.0 Å². The quantitative estimate of drug-likeness (QED) is 0.769. The highest BCUT2D eigenvalue weighted by Gasteiger charge is 2.18. The predicted octanol–water partition coefficient (Wildman–Crippen LogP) is 0.921. The molecule has 0 fully saturated rings. The molecule has 0 spiro atoms. The molecule has 0 saturated heterocycles. The molecule has 0 radical (unpaired) electrons. The van der Waals surface area contributed by atoms with Crippen molar-refractivity contribution >= 4 is 5.91 Å². The van der Waals surface area contributed by atoms with Gasteiger partial charge < -0.3 is 11.1 Å². The average molecular weight is 204 g/mol. The molecule has 1 aromatic rings. The maximum absolute atomic E-state index is 11.2. The van der Waals surface area contributed by atoms with Crippen molar-refractivity contribution in [2.45, 2.75) is 25.3 Å². The lowest BCUT2D eigenvalue weighted by molar-refractivity contribution is -0.120. The van der Waals surface area contributed by atoms with Gasteiger partial charge in [0.2, 0.25) is 5.91 Å². The Morgan fingerprint density at radius 3 is 2.80 bits per heavy atom. The van der Waals surface area contributed by atoms with Gasteiger partial charge in [-0.1, -0.05) is 18.2 Å². The highest BCUT2D eigenvalue weighted by molar-refractivity contribution is 5.81. The number of aryl methyl sites for hydroxylation is 2. The van der Waals surface area contributed by atoms with Crippen LogP contribution in [-0.2, 0) is 17.6 Å². The van der Waals surface area contributed by atoms with E-state index in [0.717, 1.165) is 18.4 Å². The summed E-state index contributed by atoms with van der Waals surface area (Å²) in [4.78, 5) is 11.2.